The van der Waals surface area contributed by atoms with Gasteiger partial charge < -0.3 is 4.57 Å². The average molecular weight is 373 g/mol. The molecule has 3 heterocycles. The number of rotatable bonds is 3. The molecule has 0 saturated heterocycles. The Morgan fingerprint density at radius 1 is 1.12 bits per heavy atom. The van der Waals surface area contributed by atoms with Crippen molar-refractivity contribution < 1.29 is 4.39 Å². The SMILES string of the molecule is CCn1c(=O)c2c(nc(-c3nc4ccc(F)cc4s3)n2C)n(CC)c1=O. The highest BCUT2D eigenvalue weighted by Crippen LogP contribution is 2.30. The van der Waals surface area contributed by atoms with Gasteiger partial charge in [-0.05, 0) is 32.0 Å². The van der Waals surface area contributed by atoms with Crippen LogP contribution in [0.5, 0.6) is 0 Å². The van der Waals surface area contributed by atoms with E-state index < -0.39 is 0 Å². The predicted octanol–water partition coefficient (Wildman–Crippen LogP) is 2.35. The van der Waals surface area contributed by atoms with E-state index in [1.165, 1.54) is 32.6 Å². The Balaban J connectivity index is 2.08. The Morgan fingerprint density at radius 2 is 1.85 bits per heavy atom. The molecule has 0 radical (unpaired) electrons. The Bertz CT molecular complexity index is 1280. The van der Waals surface area contributed by atoms with Crippen molar-refractivity contribution in [3.05, 3.63) is 44.9 Å². The van der Waals surface area contributed by atoms with Crippen LogP contribution in [0.3, 0.4) is 0 Å². The number of nitrogens with zero attached hydrogens (tertiary/aromatic N) is 5. The first-order valence-electron chi connectivity index (χ1n) is 8.22. The van der Waals surface area contributed by atoms with Crippen LogP contribution in [-0.2, 0) is 20.1 Å². The van der Waals surface area contributed by atoms with Crippen molar-refractivity contribution in [2.75, 3.05) is 0 Å². The molecule has 0 aliphatic rings. The van der Waals surface area contributed by atoms with E-state index in [-0.39, 0.29) is 23.6 Å². The second kappa shape index (κ2) is 5.87. The van der Waals surface area contributed by atoms with Crippen LogP contribution in [0.25, 0.3) is 32.2 Å². The summed E-state index contributed by atoms with van der Waals surface area (Å²) in [7, 11) is 1.73. The van der Waals surface area contributed by atoms with Gasteiger partial charge in [-0.15, -0.1) is 11.3 Å². The highest BCUT2D eigenvalue weighted by molar-refractivity contribution is 7.21. The van der Waals surface area contributed by atoms with Gasteiger partial charge in [0.15, 0.2) is 22.0 Å². The standard InChI is InChI=1S/C17H16FN5O2S/c1-4-22-13-12(16(24)23(5-2)17(22)25)21(3)14(20-13)15-19-10-7-6-9(18)8-11(10)26-15/h6-8H,4-5H2,1-3H3. The fourth-order valence-electron chi connectivity index (χ4n) is 3.11. The van der Waals surface area contributed by atoms with Crippen LogP contribution in [0, 0.1) is 5.82 Å². The lowest BCUT2D eigenvalue weighted by Crippen LogP contribution is -2.39. The number of hydrogen-bond acceptors (Lipinski definition) is 5. The fourth-order valence-corrected chi connectivity index (χ4v) is 4.13. The van der Waals surface area contributed by atoms with Gasteiger partial charge >= 0.3 is 5.69 Å². The van der Waals surface area contributed by atoms with Crippen molar-refractivity contribution in [2.24, 2.45) is 7.05 Å². The van der Waals surface area contributed by atoms with E-state index in [4.69, 9.17) is 0 Å². The summed E-state index contributed by atoms with van der Waals surface area (Å²) < 4.78 is 18.5. The Hall–Kier alpha value is -2.81. The van der Waals surface area contributed by atoms with Crippen LogP contribution in [0.1, 0.15) is 13.8 Å². The molecular weight excluding hydrogens is 357 g/mol. The van der Waals surface area contributed by atoms with Gasteiger partial charge in [-0.3, -0.25) is 13.9 Å². The molecule has 9 heteroatoms. The number of fused-ring (bicyclic) bond motifs is 2. The third kappa shape index (κ3) is 2.23. The molecule has 0 atom stereocenters. The third-order valence-corrected chi connectivity index (χ3v) is 5.43. The van der Waals surface area contributed by atoms with E-state index in [1.54, 1.807) is 24.6 Å². The second-order valence-corrected chi connectivity index (χ2v) is 6.90. The molecule has 0 saturated carbocycles. The van der Waals surface area contributed by atoms with Crippen molar-refractivity contribution in [1.82, 2.24) is 23.7 Å². The summed E-state index contributed by atoms with van der Waals surface area (Å²) in [5, 5.41) is 0.571. The molecule has 1 aromatic carbocycles. The summed E-state index contributed by atoms with van der Waals surface area (Å²) in [5.41, 5.74) is 0.621. The normalized spacial score (nSPS) is 11.7. The minimum atomic E-state index is -0.372. The summed E-state index contributed by atoms with van der Waals surface area (Å²) in [6.07, 6.45) is 0. The average Bonchev–Trinajstić information content (AvgIpc) is 3.16. The van der Waals surface area contributed by atoms with Crippen molar-refractivity contribution in [3.8, 4) is 10.8 Å². The van der Waals surface area contributed by atoms with Crippen LogP contribution in [0.4, 0.5) is 4.39 Å². The Labute approximate surface area is 151 Å². The predicted molar refractivity (Wildman–Crippen MR) is 99.2 cm³/mol. The smallest absolute Gasteiger partial charge is 0.319 e. The molecule has 0 amide bonds. The second-order valence-electron chi connectivity index (χ2n) is 5.87. The van der Waals surface area contributed by atoms with Gasteiger partial charge in [0, 0.05) is 20.1 Å². The lowest BCUT2D eigenvalue weighted by atomic mass is 10.3. The first-order valence-corrected chi connectivity index (χ1v) is 9.04. The minimum Gasteiger partial charge on any atom is -0.319 e. The summed E-state index contributed by atoms with van der Waals surface area (Å²) >= 11 is 1.30. The maximum absolute atomic E-state index is 13.5. The van der Waals surface area contributed by atoms with Crippen LogP contribution in [0.2, 0.25) is 0 Å². The first-order chi connectivity index (χ1) is 12.5. The van der Waals surface area contributed by atoms with Gasteiger partial charge in [-0.2, -0.15) is 0 Å². The Kier molecular flexibility index (Phi) is 3.76. The molecule has 0 spiro atoms. The van der Waals surface area contributed by atoms with Crippen molar-refractivity contribution in [1.29, 1.82) is 0 Å². The number of benzene rings is 1. The zero-order valence-electron chi connectivity index (χ0n) is 14.5. The fraction of sp³-hybridized carbons (Fsp3) is 0.294. The number of aromatic nitrogens is 5. The Morgan fingerprint density at radius 3 is 2.54 bits per heavy atom. The maximum atomic E-state index is 13.5. The van der Waals surface area contributed by atoms with E-state index in [2.05, 4.69) is 9.97 Å². The van der Waals surface area contributed by atoms with Gasteiger partial charge in [0.25, 0.3) is 5.56 Å². The molecule has 0 aliphatic carbocycles. The number of thiazole rings is 1. The lowest BCUT2D eigenvalue weighted by Gasteiger charge is -2.08. The van der Waals surface area contributed by atoms with E-state index in [0.29, 0.717) is 38.8 Å². The molecule has 134 valence electrons. The molecule has 0 unspecified atom stereocenters. The highest BCUT2D eigenvalue weighted by atomic mass is 32.1. The highest BCUT2D eigenvalue weighted by Gasteiger charge is 2.21. The van der Waals surface area contributed by atoms with Crippen molar-refractivity contribution in [3.63, 3.8) is 0 Å². The van der Waals surface area contributed by atoms with E-state index in [1.807, 2.05) is 6.92 Å². The minimum absolute atomic E-state index is 0.286. The van der Waals surface area contributed by atoms with Crippen molar-refractivity contribution >= 4 is 32.7 Å². The number of halogens is 1. The quantitative estimate of drug-likeness (QED) is 0.552. The molecule has 3 aromatic heterocycles. The molecule has 7 nitrogen and oxygen atoms in total. The molecule has 0 bridgehead atoms. The van der Waals surface area contributed by atoms with Crippen LogP contribution >= 0.6 is 11.3 Å². The largest absolute Gasteiger partial charge is 0.332 e. The van der Waals surface area contributed by atoms with Crippen LogP contribution < -0.4 is 11.2 Å². The molecule has 4 rings (SSSR count). The molecule has 4 aromatic rings. The summed E-state index contributed by atoms with van der Waals surface area (Å²) in [5.74, 6) is 0.150. The molecule has 0 N–H and O–H groups in total. The van der Waals surface area contributed by atoms with Crippen molar-refractivity contribution in [2.45, 2.75) is 26.9 Å². The zero-order valence-corrected chi connectivity index (χ0v) is 15.3. The monoisotopic (exact) mass is 373 g/mol. The number of hydrogen-bond donors (Lipinski definition) is 0. The summed E-state index contributed by atoms with van der Waals surface area (Å²) in [4.78, 5) is 34.3. The third-order valence-electron chi connectivity index (χ3n) is 4.42. The van der Waals surface area contributed by atoms with Gasteiger partial charge in [-0.1, -0.05) is 0 Å². The van der Waals surface area contributed by atoms with Crippen LogP contribution in [-0.4, -0.2) is 23.7 Å². The van der Waals surface area contributed by atoms with Gasteiger partial charge in [0.05, 0.1) is 10.2 Å². The molecule has 26 heavy (non-hydrogen) atoms. The van der Waals surface area contributed by atoms with Crippen LogP contribution in [0.15, 0.2) is 27.8 Å². The number of imidazole rings is 1. The molecular formula is C17H16FN5O2S. The van der Waals surface area contributed by atoms with Gasteiger partial charge in [-0.25, -0.2) is 19.2 Å². The summed E-state index contributed by atoms with van der Waals surface area (Å²) in [6.45, 7) is 4.28. The van der Waals surface area contributed by atoms with Gasteiger partial charge in [0.2, 0.25) is 0 Å². The van der Waals surface area contributed by atoms with E-state index in [9.17, 15) is 14.0 Å². The van der Waals surface area contributed by atoms with E-state index in [0.717, 1.165) is 0 Å². The summed E-state index contributed by atoms with van der Waals surface area (Å²) in [6, 6.07) is 4.39. The topological polar surface area (TPSA) is 74.7 Å². The van der Waals surface area contributed by atoms with E-state index >= 15 is 0 Å². The molecule has 0 aliphatic heterocycles. The number of aryl methyl sites for hydroxylation is 2. The van der Waals surface area contributed by atoms with Gasteiger partial charge in [0.1, 0.15) is 5.82 Å². The lowest BCUT2D eigenvalue weighted by molar-refractivity contribution is 0.604. The zero-order chi connectivity index (χ0) is 18.6. The molecule has 0 fully saturated rings. The first kappa shape index (κ1) is 16.6. The maximum Gasteiger partial charge on any atom is 0.332 e.